The summed E-state index contributed by atoms with van der Waals surface area (Å²) in [6.07, 6.45) is 5.55. The van der Waals surface area contributed by atoms with Gasteiger partial charge in [-0.1, -0.05) is 0 Å². The summed E-state index contributed by atoms with van der Waals surface area (Å²) in [5.74, 6) is 0.829. The molecule has 0 spiro atoms. The van der Waals surface area contributed by atoms with Crippen molar-refractivity contribution in [3.05, 3.63) is 0 Å². The van der Waals surface area contributed by atoms with Crippen LogP contribution in [0.5, 0.6) is 0 Å². The quantitative estimate of drug-likeness (QED) is 0.727. The Labute approximate surface area is 86.6 Å². The summed E-state index contributed by atoms with van der Waals surface area (Å²) in [5.41, 5.74) is 6.10. The highest BCUT2D eigenvalue weighted by molar-refractivity contribution is 4.87. The number of nitrogens with two attached hydrogens (primary N) is 1. The second-order valence-electron chi connectivity index (χ2n) is 4.74. The van der Waals surface area contributed by atoms with E-state index < -0.39 is 0 Å². The fourth-order valence-corrected chi connectivity index (χ4v) is 2.30. The highest BCUT2D eigenvalue weighted by Gasteiger charge is 2.30. The number of piperidine rings is 1. The Morgan fingerprint density at radius 3 is 2.43 bits per heavy atom. The van der Waals surface area contributed by atoms with E-state index in [1.807, 2.05) is 7.11 Å². The maximum Gasteiger partial charge on any atom is 0.0595 e. The average Bonchev–Trinajstić information content (AvgIpc) is 3.02. The summed E-state index contributed by atoms with van der Waals surface area (Å²) >= 11 is 0. The van der Waals surface area contributed by atoms with Gasteiger partial charge in [-0.3, -0.25) is 0 Å². The Morgan fingerprint density at radius 2 is 1.93 bits per heavy atom. The normalized spacial score (nSPS) is 27.9. The van der Waals surface area contributed by atoms with Crippen molar-refractivity contribution in [2.45, 2.75) is 37.8 Å². The average molecular weight is 198 g/mol. The lowest BCUT2D eigenvalue weighted by atomic mass is 10.1. The molecule has 82 valence electrons. The van der Waals surface area contributed by atoms with E-state index >= 15 is 0 Å². The molecule has 1 saturated heterocycles. The monoisotopic (exact) mass is 198 g/mol. The van der Waals surface area contributed by atoms with Crippen molar-refractivity contribution in [2.75, 3.05) is 26.7 Å². The molecule has 1 atom stereocenters. The van der Waals surface area contributed by atoms with Crippen molar-refractivity contribution in [3.8, 4) is 0 Å². The second kappa shape index (κ2) is 4.60. The van der Waals surface area contributed by atoms with Gasteiger partial charge in [0, 0.05) is 32.8 Å². The molecule has 2 N–H and O–H groups in total. The molecule has 14 heavy (non-hydrogen) atoms. The van der Waals surface area contributed by atoms with Gasteiger partial charge in [0.2, 0.25) is 0 Å². The molecule has 1 heterocycles. The zero-order valence-electron chi connectivity index (χ0n) is 9.11. The molecule has 2 rings (SSSR count). The molecule has 2 aliphatic rings. The first-order chi connectivity index (χ1) is 6.79. The second-order valence-corrected chi connectivity index (χ2v) is 4.74. The van der Waals surface area contributed by atoms with Crippen LogP contribution in [-0.2, 0) is 4.74 Å². The molecular weight excluding hydrogens is 176 g/mol. The summed E-state index contributed by atoms with van der Waals surface area (Å²) in [6, 6.07) is 0.425. The number of nitrogens with zero attached hydrogens (tertiary/aromatic N) is 1. The van der Waals surface area contributed by atoms with Gasteiger partial charge in [0.15, 0.2) is 0 Å². The van der Waals surface area contributed by atoms with Crippen LogP contribution < -0.4 is 5.73 Å². The Kier molecular flexibility index (Phi) is 3.42. The first-order valence-corrected chi connectivity index (χ1v) is 5.80. The van der Waals surface area contributed by atoms with Gasteiger partial charge in [-0.15, -0.1) is 0 Å². The number of hydrogen-bond acceptors (Lipinski definition) is 3. The fourth-order valence-electron chi connectivity index (χ4n) is 2.30. The fraction of sp³-hybridized carbons (Fsp3) is 1.00. The van der Waals surface area contributed by atoms with Gasteiger partial charge in [0.25, 0.3) is 0 Å². The lowest BCUT2D eigenvalue weighted by Crippen LogP contribution is -2.44. The molecule has 3 nitrogen and oxygen atoms in total. The van der Waals surface area contributed by atoms with Crippen LogP contribution in [0, 0.1) is 5.92 Å². The van der Waals surface area contributed by atoms with Gasteiger partial charge >= 0.3 is 0 Å². The van der Waals surface area contributed by atoms with E-state index in [4.69, 9.17) is 10.5 Å². The van der Waals surface area contributed by atoms with E-state index in [9.17, 15) is 0 Å². The van der Waals surface area contributed by atoms with E-state index in [1.165, 1.54) is 38.8 Å². The van der Waals surface area contributed by atoms with Crippen molar-refractivity contribution in [1.29, 1.82) is 0 Å². The Balaban J connectivity index is 1.67. The lowest BCUT2D eigenvalue weighted by molar-refractivity contribution is 0.0389. The predicted octanol–water partition coefficient (Wildman–Crippen LogP) is 0.834. The van der Waals surface area contributed by atoms with Gasteiger partial charge in [-0.2, -0.15) is 0 Å². The molecule has 1 aliphatic carbocycles. The Hall–Kier alpha value is -0.120. The van der Waals surface area contributed by atoms with Crippen molar-refractivity contribution in [1.82, 2.24) is 4.90 Å². The zero-order chi connectivity index (χ0) is 9.97. The van der Waals surface area contributed by atoms with Crippen LogP contribution in [0.2, 0.25) is 0 Å². The number of hydrogen-bond donors (Lipinski definition) is 1. The molecule has 0 aromatic rings. The molecule has 3 heteroatoms. The van der Waals surface area contributed by atoms with E-state index in [-0.39, 0.29) is 0 Å². The van der Waals surface area contributed by atoms with E-state index in [1.54, 1.807) is 0 Å². The molecule has 0 aromatic heterocycles. The minimum Gasteiger partial charge on any atom is -0.381 e. The first-order valence-electron chi connectivity index (χ1n) is 5.80. The van der Waals surface area contributed by atoms with Crippen LogP contribution in [0.15, 0.2) is 0 Å². The van der Waals surface area contributed by atoms with Gasteiger partial charge < -0.3 is 15.4 Å². The number of likely N-dealkylation sites (tertiary alicyclic amines) is 1. The number of ether oxygens (including phenoxy) is 1. The largest absolute Gasteiger partial charge is 0.381 e. The van der Waals surface area contributed by atoms with Crippen LogP contribution in [-0.4, -0.2) is 43.8 Å². The van der Waals surface area contributed by atoms with Gasteiger partial charge in [-0.05, 0) is 31.6 Å². The summed E-state index contributed by atoms with van der Waals surface area (Å²) < 4.78 is 5.35. The minimum absolute atomic E-state index is 0.425. The van der Waals surface area contributed by atoms with Crippen LogP contribution >= 0.6 is 0 Å². The van der Waals surface area contributed by atoms with Crippen LogP contribution in [0.3, 0.4) is 0 Å². The van der Waals surface area contributed by atoms with Crippen LogP contribution in [0.25, 0.3) is 0 Å². The summed E-state index contributed by atoms with van der Waals surface area (Å²) in [6.45, 7) is 3.43. The van der Waals surface area contributed by atoms with E-state index in [0.29, 0.717) is 12.1 Å². The third kappa shape index (κ3) is 2.69. The van der Waals surface area contributed by atoms with E-state index in [0.717, 1.165) is 12.5 Å². The smallest absolute Gasteiger partial charge is 0.0595 e. The maximum absolute atomic E-state index is 6.10. The van der Waals surface area contributed by atoms with Crippen molar-refractivity contribution < 1.29 is 4.74 Å². The SMILES string of the molecule is COC1CCN(CC(N)C2CC2)CC1. The predicted molar refractivity (Wildman–Crippen MR) is 57.2 cm³/mol. The van der Waals surface area contributed by atoms with Crippen molar-refractivity contribution in [3.63, 3.8) is 0 Å². The zero-order valence-corrected chi connectivity index (χ0v) is 9.11. The molecule has 0 radical (unpaired) electrons. The van der Waals surface area contributed by atoms with Gasteiger partial charge in [-0.25, -0.2) is 0 Å². The highest BCUT2D eigenvalue weighted by Crippen LogP contribution is 2.32. The topological polar surface area (TPSA) is 38.5 Å². The number of methoxy groups -OCH3 is 1. The molecule has 2 fully saturated rings. The maximum atomic E-state index is 6.10. The molecule has 1 saturated carbocycles. The highest BCUT2D eigenvalue weighted by atomic mass is 16.5. The third-order valence-electron chi connectivity index (χ3n) is 3.56. The van der Waals surface area contributed by atoms with Crippen molar-refractivity contribution in [2.24, 2.45) is 11.7 Å². The van der Waals surface area contributed by atoms with E-state index in [2.05, 4.69) is 4.90 Å². The minimum atomic E-state index is 0.425. The van der Waals surface area contributed by atoms with Crippen LogP contribution in [0.1, 0.15) is 25.7 Å². The van der Waals surface area contributed by atoms with Crippen LogP contribution in [0.4, 0.5) is 0 Å². The Bertz CT molecular complexity index is 174. The number of rotatable bonds is 4. The third-order valence-corrected chi connectivity index (χ3v) is 3.56. The first kappa shape index (κ1) is 10.4. The molecule has 1 aliphatic heterocycles. The molecule has 0 amide bonds. The standard InChI is InChI=1S/C11H22N2O/c1-14-10-4-6-13(7-5-10)8-11(12)9-2-3-9/h9-11H,2-8,12H2,1H3. The van der Waals surface area contributed by atoms with Gasteiger partial charge in [0.1, 0.15) is 0 Å². The summed E-state index contributed by atoms with van der Waals surface area (Å²) in [7, 11) is 1.82. The summed E-state index contributed by atoms with van der Waals surface area (Å²) in [4.78, 5) is 2.50. The molecule has 1 unspecified atom stereocenters. The Morgan fingerprint density at radius 1 is 1.29 bits per heavy atom. The summed E-state index contributed by atoms with van der Waals surface area (Å²) in [5, 5.41) is 0. The molecule has 0 aromatic carbocycles. The molecular formula is C11H22N2O. The lowest BCUT2D eigenvalue weighted by Gasteiger charge is -2.32. The molecule has 0 bridgehead atoms. The van der Waals surface area contributed by atoms with Gasteiger partial charge in [0.05, 0.1) is 6.10 Å². The van der Waals surface area contributed by atoms with Crippen molar-refractivity contribution >= 4 is 0 Å².